The molecule has 28 heavy (non-hydrogen) atoms. The molecule has 0 saturated heterocycles. The van der Waals surface area contributed by atoms with Gasteiger partial charge in [-0.15, -0.1) is 0 Å². The van der Waals surface area contributed by atoms with Gasteiger partial charge in [0.25, 0.3) is 5.91 Å². The van der Waals surface area contributed by atoms with Gasteiger partial charge in [0.1, 0.15) is 29.3 Å². The first-order chi connectivity index (χ1) is 13.6. The molecule has 1 aromatic heterocycles. The summed E-state index contributed by atoms with van der Waals surface area (Å²) >= 11 is 5.87. The third-order valence-electron chi connectivity index (χ3n) is 3.94. The number of halogens is 1. The first-order valence-electron chi connectivity index (χ1n) is 8.43. The second kappa shape index (κ2) is 9.05. The summed E-state index contributed by atoms with van der Waals surface area (Å²) in [6, 6.07) is 14.2. The molecule has 0 fully saturated rings. The largest absolute Gasteiger partial charge is 0.497 e. The maximum Gasteiger partial charge on any atom is 0.270 e. The second-order valence-electron chi connectivity index (χ2n) is 5.79. The first-order valence-corrected chi connectivity index (χ1v) is 8.80. The Kier molecular flexibility index (Phi) is 6.29. The smallest absolute Gasteiger partial charge is 0.270 e. The Morgan fingerprint density at radius 3 is 2.54 bits per heavy atom. The Balaban J connectivity index is 1.69. The molecule has 0 saturated carbocycles. The first kappa shape index (κ1) is 19.4. The van der Waals surface area contributed by atoms with E-state index in [1.54, 1.807) is 50.6 Å². The molecule has 2 aromatic carbocycles. The lowest BCUT2D eigenvalue weighted by atomic mass is 10.2. The molecule has 0 unspecified atom stereocenters. The SMILES string of the molecule is COc1ccc(Nc2cc(C(=O)NCc3ccc(Cl)cc3)ncn2)c(OC)c1. The van der Waals surface area contributed by atoms with Crippen molar-refractivity contribution in [3.63, 3.8) is 0 Å². The number of anilines is 2. The van der Waals surface area contributed by atoms with Gasteiger partial charge >= 0.3 is 0 Å². The van der Waals surface area contributed by atoms with E-state index in [0.29, 0.717) is 34.6 Å². The zero-order valence-electron chi connectivity index (χ0n) is 15.4. The van der Waals surface area contributed by atoms with Crippen LogP contribution < -0.4 is 20.1 Å². The number of rotatable bonds is 7. The van der Waals surface area contributed by atoms with Gasteiger partial charge in [0.2, 0.25) is 0 Å². The van der Waals surface area contributed by atoms with E-state index in [2.05, 4.69) is 20.6 Å². The van der Waals surface area contributed by atoms with Gasteiger partial charge in [-0.3, -0.25) is 4.79 Å². The van der Waals surface area contributed by atoms with E-state index in [1.807, 2.05) is 12.1 Å². The van der Waals surface area contributed by atoms with E-state index in [0.717, 1.165) is 5.56 Å². The fraction of sp³-hybridized carbons (Fsp3) is 0.150. The maximum absolute atomic E-state index is 12.4. The fourth-order valence-corrected chi connectivity index (χ4v) is 2.59. The number of hydrogen-bond acceptors (Lipinski definition) is 6. The monoisotopic (exact) mass is 398 g/mol. The zero-order valence-corrected chi connectivity index (χ0v) is 16.2. The number of hydrogen-bond donors (Lipinski definition) is 2. The van der Waals surface area contributed by atoms with Gasteiger partial charge in [-0.25, -0.2) is 9.97 Å². The van der Waals surface area contributed by atoms with Crippen molar-refractivity contribution in [1.82, 2.24) is 15.3 Å². The van der Waals surface area contributed by atoms with Gasteiger partial charge in [0, 0.05) is 23.7 Å². The minimum atomic E-state index is -0.304. The normalized spacial score (nSPS) is 10.2. The van der Waals surface area contributed by atoms with Gasteiger partial charge in [-0.1, -0.05) is 23.7 Å². The highest BCUT2D eigenvalue weighted by atomic mass is 35.5. The van der Waals surface area contributed by atoms with Crippen molar-refractivity contribution in [2.24, 2.45) is 0 Å². The van der Waals surface area contributed by atoms with E-state index in [9.17, 15) is 4.79 Å². The summed E-state index contributed by atoms with van der Waals surface area (Å²) in [5, 5.41) is 6.59. The van der Waals surface area contributed by atoms with Crippen LogP contribution in [0.5, 0.6) is 11.5 Å². The quantitative estimate of drug-likeness (QED) is 0.629. The van der Waals surface area contributed by atoms with Crippen LogP contribution in [0.2, 0.25) is 5.02 Å². The highest BCUT2D eigenvalue weighted by Crippen LogP contribution is 2.30. The summed E-state index contributed by atoms with van der Waals surface area (Å²) in [6.07, 6.45) is 1.33. The Labute approximate surface area is 167 Å². The van der Waals surface area contributed by atoms with Crippen LogP contribution in [0, 0.1) is 0 Å². The van der Waals surface area contributed by atoms with Crippen molar-refractivity contribution in [3.05, 3.63) is 71.1 Å². The predicted octanol–water partition coefficient (Wildman–Crippen LogP) is 3.82. The van der Waals surface area contributed by atoms with Crippen molar-refractivity contribution in [2.75, 3.05) is 19.5 Å². The molecule has 3 aromatic rings. The van der Waals surface area contributed by atoms with Crippen LogP contribution in [-0.2, 0) is 6.54 Å². The van der Waals surface area contributed by atoms with Gasteiger partial charge < -0.3 is 20.1 Å². The number of nitrogens with one attached hydrogen (secondary N) is 2. The van der Waals surface area contributed by atoms with Crippen LogP contribution in [0.1, 0.15) is 16.1 Å². The molecule has 3 rings (SSSR count). The number of amides is 1. The summed E-state index contributed by atoms with van der Waals surface area (Å²) in [5.74, 6) is 1.43. The van der Waals surface area contributed by atoms with Crippen LogP contribution in [0.15, 0.2) is 54.9 Å². The number of nitrogens with zero attached hydrogens (tertiary/aromatic N) is 2. The summed E-state index contributed by atoms with van der Waals surface area (Å²) < 4.78 is 10.5. The molecule has 1 amide bonds. The predicted molar refractivity (Wildman–Crippen MR) is 107 cm³/mol. The van der Waals surface area contributed by atoms with Gasteiger partial charge in [-0.05, 0) is 29.8 Å². The lowest BCUT2D eigenvalue weighted by molar-refractivity contribution is 0.0946. The molecule has 144 valence electrons. The third kappa shape index (κ3) is 4.89. The molecule has 0 aliphatic carbocycles. The molecule has 0 spiro atoms. The topological polar surface area (TPSA) is 85.4 Å². The van der Waals surface area contributed by atoms with Gasteiger partial charge in [0.15, 0.2) is 0 Å². The van der Waals surface area contributed by atoms with Crippen LogP contribution in [0.25, 0.3) is 0 Å². The average Bonchev–Trinajstić information content (AvgIpc) is 2.73. The Morgan fingerprint density at radius 2 is 1.82 bits per heavy atom. The minimum absolute atomic E-state index is 0.249. The maximum atomic E-state index is 12.4. The molecule has 0 radical (unpaired) electrons. The number of benzene rings is 2. The van der Waals surface area contributed by atoms with E-state index in [-0.39, 0.29) is 11.6 Å². The molecular formula is C20H19ClN4O3. The van der Waals surface area contributed by atoms with Crippen LogP contribution in [0.4, 0.5) is 11.5 Å². The second-order valence-corrected chi connectivity index (χ2v) is 6.23. The fourth-order valence-electron chi connectivity index (χ4n) is 2.46. The zero-order chi connectivity index (χ0) is 19.9. The summed E-state index contributed by atoms with van der Waals surface area (Å²) in [7, 11) is 3.15. The summed E-state index contributed by atoms with van der Waals surface area (Å²) in [4.78, 5) is 20.6. The molecule has 2 N–H and O–H groups in total. The van der Waals surface area contributed by atoms with Crippen molar-refractivity contribution >= 4 is 29.0 Å². The van der Waals surface area contributed by atoms with Crippen LogP contribution in [-0.4, -0.2) is 30.1 Å². The number of aromatic nitrogens is 2. The number of ether oxygens (including phenoxy) is 2. The van der Waals surface area contributed by atoms with E-state index >= 15 is 0 Å². The summed E-state index contributed by atoms with van der Waals surface area (Å²) in [6.45, 7) is 0.370. The molecule has 7 nitrogen and oxygen atoms in total. The Morgan fingerprint density at radius 1 is 1.04 bits per heavy atom. The number of carbonyl (C=O) groups excluding carboxylic acids is 1. The highest BCUT2D eigenvalue weighted by Gasteiger charge is 2.11. The van der Waals surface area contributed by atoms with Crippen LogP contribution >= 0.6 is 11.6 Å². The van der Waals surface area contributed by atoms with E-state index in [1.165, 1.54) is 6.33 Å². The lowest BCUT2D eigenvalue weighted by Gasteiger charge is -2.12. The minimum Gasteiger partial charge on any atom is -0.497 e. The van der Waals surface area contributed by atoms with Crippen molar-refractivity contribution in [1.29, 1.82) is 0 Å². The van der Waals surface area contributed by atoms with Crippen molar-refractivity contribution in [3.8, 4) is 11.5 Å². The molecule has 0 aliphatic heterocycles. The summed E-state index contributed by atoms with van der Waals surface area (Å²) in [5.41, 5.74) is 1.88. The molecule has 0 bridgehead atoms. The highest BCUT2D eigenvalue weighted by molar-refractivity contribution is 6.30. The Hall–Kier alpha value is -3.32. The lowest BCUT2D eigenvalue weighted by Crippen LogP contribution is -2.24. The van der Waals surface area contributed by atoms with E-state index in [4.69, 9.17) is 21.1 Å². The van der Waals surface area contributed by atoms with Gasteiger partial charge in [-0.2, -0.15) is 0 Å². The van der Waals surface area contributed by atoms with Gasteiger partial charge in [0.05, 0.1) is 19.9 Å². The number of methoxy groups -OCH3 is 2. The standard InChI is InChI=1S/C20H19ClN4O3/c1-27-15-7-8-16(18(9-15)28-2)25-19-10-17(23-12-24-19)20(26)22-11-13-3-5-14(21)6-4-13/h3-10,12H,11H2,1-2H3,(H,22,26)(H,23,24,25). The van der Waals surface area contributed by atoms with E-state index < -0.39 is 0 Å². The van der Waals surface area contributed by atoms with Crippen molar-refractivity contribution in [2.45, 2.75) is 6.54 Å². The molecule has 8 heteroatoms. The molecule has 1 heterocycles. The van der Waals surface area contributed by atoms with Crippen LogP contribution in [0.3, 0.4) is 0 Å². The molecule has 0 aliphatic rings. The number of carbonyl (C=O) groups is 1. The Bertz CT molecular complexity index is 964. The average molecular weight is 399 g/mol. The molecule has 0 atom stereocenters. The third-order valence-corrected chi connectivity index (χ3v) is 4.19. The molecular weight excluding hydrogens is 380 g/mol. The van der Waals surface area contributed by atoms with Crippen molar-refractivity contribution < 1.29 is 14.3 Å².